The zero-order valence-electron chi connectivity index (χ0n) is 17.7. The van der Waals surface area contributed by atoms with Crippen LogP contribution >= 0.6 is 0 Å². The van der Waals surface area contributed by atoms with Crippen molar-refractivity contribution < 1.29 is 28.5 Å². The molecule has 2 saturated heterocycles. The number of rotatable bonds is 14. The van der Waals surface area contributed by atoms with Crippen molar-refractivity contribution in [3.63, 3.8) is 0 Å². The average molecular weight is 399 g/mol. The Hall–Kier alpha value is -1.14. The maximum Gasteiger partial charge on any atom is 0.306 e. The Morgan fingerprint density at radius 3 is 1.61 bits per heavy atom. The summed E-state index contributed by atoms with van der Waals surface area (Å²) >= 11 is 0. The molecule has 0 spiro atoms. The van der Waals surface area contributed by atoms with Gasteiger partial charge in [-0.2, -0.15) is 0 Å². The van der Waals surface area contributed by atoms with Crippen molar-refractivity contribution in [1.82, 2.24) is 0 Å². The maximum absolute atomic E-state index is 12.1. The van der Waals surface area contributed by atoms with Crippen LogP contribution in [0, 0.1) is 0 Å². The molecule has 0 amide bonds. The first-order chi connectivity index (χ1) is 13.7. The summed E-state index contributed by atoms with van der Waals surface area (Å²) in [6.45, 7) is 4.87. The summed E-state index contributed by atoms with van der Waals surface area (Å²) in [5, 5.41) is 0. The zero-order valence-corrected chi connectivity index (χ0v) is 17.7. The van der Waals surface area contributed by atoms with Crippen LogP contribution in [0.4, 0.5) is 0 Å². The molecule has 0 aromatic heterocycles. The van der Waals surface area contributed by atoms with E-state index in [4.69, 9.17) is 18.9 Å². The number of ether oxygens (including phenoxy) is 4. The molecule has 0 bridgehead atoms. The lowest BCUT2D eigenvalue weighted by atomic mass is 10.1. The molecule has 28 heavy (non-hydrogen) atoms. The first-order valence-electron chi connectivity index (χ1n) is 11.3. The first-order valence-corrected chi connectivity index (χ1v) is 11.3. The van der Waals surface area contributed by atoms with Gasteiger partial charge in [0, 0.05) is 12.8 Å². The molecule has 6 nitrogen and oxygen atoms in total. The van der Waals surface area contributed by atoms with Gasteiger partial charge in [-0.25, -0.2) is 0 Å². The molecule has 0 saturated carbocycles. The second-order valence-corrected chi connectivity index (χ2v) is 7.98. The Bertz CT molecular complexity index is 466. The fourth-order valence-corrected chi connectivity index (χ4v) is 3.81. The Morgan fingerprint density at radius 2 is 1.11 bits per heavy atom. The number of carbonyl (C=O) groups excluding carboxylic acids is 2. The standard InChI is InChI=1S/C22H38O6/c1-3-5-7-8-9-10-11-12-14-20(24)28-18-16-26-21-17(15-25-22(18)21)27-19(23)13-6-4-2/h17-18,21-22H,3-16H2,1-2H3. The van der Waals surface area contributed by atoms with Crippen molar-refractivity contribution >= 4 is 11.9 Å². The predicted molar refractivity (Wildman–Crippen MR) is 106 cm³/mol. The van der Waals surface area contributed by atoms with E-state index in [9.17, 15) is 9.59 Å². The third-order valence-corrected chi connectivity index (χ3v) is 5.50. The molecule has 2 rings (SSSR count). The Kier molecular flexibility index (Phi) is 10.9. The molecule has 0 aliphatic carbocycles. The highest BCUT2D eigenvalue weighted by Gasteiger charge is 2.51. The van der Waals surface area contributed by atoms with E-state index in [1.807, 2.05) is 6.92 Å². The van der Waals surface area contributed by atoms with Crippen LogP contribution in [0.5, 0.6) is 0 Å². The van der Waals surface area contributed by atoms with Gasteiger partial charge in [0.1, 0.15) is 12.2 Å². The summed E-state index contributed by atoms with van der Waals surface area (Å²) in [6, 6.07) is 0. The van der Waals surface area contributed by atoms with Gasteiger partial charge in [0.2, 0.25) is 0 Å². The van der Waals surface area contributed by atoms with E-state index in [-0.39, 0.29) is 24.1 Å². The molecule has 0 N–H and O–H groups in total. The second kappa shape index (κ2) is 13.2. The summed E-state index contributed by atoms with van der Waals surface area (Å²) in [7, 11) is 0. The van der Waals surface area contributed by atoms with Crippen LogP contribution in [-0.4, -0.2) is 49.6 Å². The van der Waals surface area contributed by atoms with Crippen molar-refractivity contribution in [2.75, 3.05) is 13.2 Å². The minimum atomic E-state index is -0.397. The summed E-state index contributed by atoms with van der Waals surface area (Å²) in [5.41, 5.74) is 0. The molecule has 4 atom stereocenters. The number of hydrogen-bond acceptors (Lipinski definition) is 6. The van der Waals surface area contributed by atoms with Crippen LogP contribution in [0.1, 0.15) is 90.9 Å². The lowest BCUT2D eigenvalue weighted by Crippen LogP contribution is -2.35. The Balaban J connectivity index is 1.59. The molecule has 2 aliphatic heterocycles. The number of carbonyl (C=O) groups is 2. The van der Waals surface area contributed by atoms with E-state index in [0.29, 0.717) is 26.1 Å². The molecule has 0 radical (unpaired) electrons. The summed E-state index contributed by atoms with van der Waals surface area (Å²) in [6.07, 6.45) is 10.8. The monoisotopic (exact) mass is 398 g/mol. The van der Waals surface area contributed by atoms with Gasteiger partial charge in [0.25, 0.3) is 0 Å². The van der Waals surface area contributed by atoms with E-state index in [1.54, 1.807) is 0 Å². The van der Waals surface area contributed by atoms with Crippen LogP contribution in [0.3, 0.4) is 0 Å². The molecule has 6 heteroatoms. The molecule has 2 fully saturated rings. The minimum Gasteiger partial charge on any atom is -0.457 e. The van der Waals surface area contributed by atoms with E-state index in [2.05, 4.69) is 6.92 Å². The quantitative estimate of drug-likeness (QED) is 0.320. The highest BCUT2D eigenvalue weighted by atomic mass is 16.7. The lowest BCUT2D eigenvalue weighted by Gasteiger charge is -2.17. The molecule has 2 aliphatic rings. The molecule has 4 unspecified atom stereocenters. The summed E-state index contributed by atoms with van der Waals surface area (Å²) < 4.78 is 22.5. The van der Waals surface area contributed by atoms with Gasteiger partial charge in [-0.1, -0.05) is 65.2 Å². The summed E-state index contributed by atoms with van der Waals surface area (Å²) in [5.74, 6) is -0.401. The van der Waals surface area contributed by atoms with Crippen molar-refractivity contribution in [3.8, 4) is 0 Å². The zero-order chi connectivity index (χ0) is 20.2. The van der Waals surface area contributed by atoms with Crippen LogP contribution in [0.15, 0.2) is 0 Å². The molecule has 2 heterocycles. The SMILES string of the molecule is CCCCCCCCCCC(=O)OC1COC2C(OC(=O)CCCC)COC12. The lowest BCUT2D eigenvalue weighted by molar-refractivity contribution is -0.155. The van der Waals surface area contributed by atoms with Crippen molar-refractivity contribution in [3.05, 3.63) is 0 Å². The molecular formula is C22H38O6. The van der Waals surface area contributed by atoms with Crippen LogP contribution in [0.2, 0.25) is 0 Å². The van der Waals surface area contributed by atoms with Gasteiger partial charge >= 0.3 is 11.9 Å². The smallest absolute Gasteiger partial charge is 0.306 e. The topological polar surface area (TPSA) is 71.1 Å². The highest BCUT2D eigenvalue weighted by Crippen LogP contribution is 2.31. The minimum absolute atomic E-state index is 0.188. The van der Waals surface area contributed by atoms with Gasteiger partial charge in [-0.05, 0) is 12.8 Å². The fourth-order valence-electron chi connectivity index (χ4n) is 3.81. The van der Waals surface area contributed by atoms with E-state index >= 15 is 0 Å². The van der Waals surface area contributed by atoms with Gasteiger partial charge < -0.3 is 18.9 Å². The van der Waals surface area contributed by atoms with Crippen molar-refractivity contribution in [2.24, 2.45) is 0 Å². The first kappa shape index (κ1) is 23.1. The van der Waals surface area contributed by atoms with E-state index in [1.165, 1.54) is 38.5 Å². The third-order valence-electron chi connectivity index (χ3n) is 5.50. The van der Waals surface area contributed by atoms with Gasteiger partial charge in [-0.15, -0.1) is 0 Å². The van der Waals surface area contributed by atoms with Gasteiger partial charge in [0.05, 0.1) is 13.2 Å². The Morgan fingerprint density at radius 1 is 0.679 bits per heavy atom. The van der Waals surface area contributed by atoms with Crippen molar-refractivity contribution in [2.45, 2.75) is 115 Å². The summed E-state index contributed by atoms with van der Waals surface area (Å²) in [4.78, 5) is 24.0. The largest absolute Gasteiger partial charge is 0.457 e. The predicted octanol–water partition coefficient (Wildman–Crippen LogP) is 4.33. The van der Waals surface area contributed by atoms with Crippen LogP contribution in [-0.2, 0) is 28.5 Å². The van der Waals surface area contributed by atoms with E-state index < -0.39 is 12.2 Å². The number of fused-ring (bicyclic) bond motifs is 1. The van der Waals surface area contributed by atoms with Gasteiger partial charge in [-0.3, -0.25) is 9.59 Å². The second-order valence-electron chi connectivity index (χ2n) is 7.98. The maximum atomic E-state index is 12.1. The Labute approximate surface area is 169 Å². The molecular weight excluding hydrogens is 360 g/mol. The van der Waals surface area contributed by atoms with Crippen LogP contribution < -0.4 is 0 Å². The number of hydrogen-bond donors (Lipinski definition) is 0. The van der Waals surface area contributed by atoms with E-state index in [0.717, 1.165) is 25.7 Å². The molecule has 0 aromatic rings. The molecule has 0 aromatic carbocycles. The number of esters is 2. The van der Waals surface area contributed by atoms with Crippen molar-refractivity contribution in [1.29, 1.82) is 0 Å². The third kappa shape index (κ3) is 7.70. The molecule has 162 valence electrons. The van der Waals surface area contributed by atoms with Gasteiger partial charge in [0.15, 0.2) is 12.2 Å². The normalized spacial score (nSPS) is 26.2. The number of unbranched alkanes of at least 4 members (excludes halogenated alkanes) is 8. The average Bonchev–Trinajstić information content (AvgIpc) is 3.26. The fraction of sp³-hybridized carbons (Fsp3) is 0.909. The van der Waals surface area contributed by atoms with Crippen LogP contribution in [0.25, 0.3) is 0 Å². The highest BCUT2D eigenvalue weighted by molar-refractivity contribution is 5.70.